The molecular formula is C20H28N6O2. The van der Waals surface area contributed by atoms with E-state index in [4.69, 9.17) is 0 Å². The quantitative estimate of drug-likeness (QED) is 0.571. The highest BCUT2D eigenvalue weighted by atomic mass is 16.2. The van der Waals surface area contributed by atoms with Crippen molar-refractivity contribution in [2.24, 2.45) is 0 Å². The van der Waals surface area contributed by atoms with Crippen molar-refractivity contribution < 1.29 is 9.59 Å². The second-order valence-corrected chi connectivity index (χ2v) is 6.89. The molecule has 0 saturated carbocycles. The number of amides is 2. The van der Waals surface area contributed by atoms with Gasteiger partial charge in [-0.1, -0.05) is 0 Å². The van der Waals surface area contributed by atoms with E-state index in [1.165, 1.54) is 0 Å². The van der Waals surface area contributed by atoms with Gasteiger partial charge in [-0.3, -0.25) is 19.6 Å². The first kappa shape index (κ1) is 21.5. The summed E-state index contributed by atoms with van der Waals surface area (Å²) in [6, 6.07) is 6.93. The predicted molar refractivity (Wildman–Crippen MR) is 109 cm³/mol. The van der Waals surface area contributed by atoms with Gasteiger partial charge >= 0.3 is 0 Å². The van der Waals surface area contributed by atoms with E-state index in [1.807, 2.05) is 21.0 Å². The van der Waals surface area contributed by atoms with Crippen molar-refractivity contribution in [3.8, 4) is 0 Å². The Hall–Kier alpha value is -2.84. The molecule has 0 aliphatic rings. The fraction of sp³-hybridized carbons (Fsp3) is 0.400. The zero-order chi connectivity index (χ0) is 20.4. The first-order valence-electron chi connectivity index (χ1n) is 9.25. The highest BCUT2D eigenvalue weighted by Gasteiger charge is 2.09. The Balaban J connectivity index is 1.78. The van der Waals surface area contributed by atoms with Crippen LogP contribution < -0.4 is 16.0 Å². The fourth-order valence-corrected chi connectivity index (χ4v) is 2.51. The molecule has 2 aromatic heterocycles. The third kappa shape index (κ3) is 7.81. The lowest BCUT2D eigenvalue weighted by atomic mass is 10.2. The van der Waals surface area contributed by atoms with E-state index in [0.29, 0.717) is 23.5 Å². The van der Waals surface area contributed by atoms with Crippen LogP contribution in [0.4, 0.5) is 5.69 Å². The topological polar surface area (TPSA) is 99.2 Å². The normalized spacial score (nSPS) is 11.9. The van der Waals surface area contributed by atoms with Crippen molar-refractivity contribution in [1.82, 2.24) is 25.5 Å². The minimum Gasteiger partial charge on any atom is -0.352 e. The summed E-state index contributed by atoms with van der Waals surface area (Å²) in [7, 11) is 4.02. The molecule has 0 spiro atoms. The van der Waals surface area contributed by atoms with Crippen LogP contribution in [0.25, 0.3) is 0 Å². The lowest BCUT2D eigenvalue weighted by Crippen LogP contribution is -2.40. The lowest BCUT2D eigenvalue weighted by Gasteiger charge is -2.16. The summed E-state index contributed by atoms with van der Waals surface area (Å²) >= 11 is 0. The summed E-state index contributed by atoms with van der Waals surface area (Å²) in [6.07, 6.45) is 5.71. The zero-order valence-electron chi connectivity index (χ0n) is 16.6. The number of nitrogens with one attached hydrogen (secondary N) is 3. The summed E-state index contributed by atoms with van der Waals surface area (Å²) in [5.74, 6) is -0.278. The maximum absolute atomic E-state index is 12.3. The van der Waals surface area contributed by atoms with Gasteiger partial charge in [-0.2, -0.15) is 0 Å². The van der Waals surface area contributed by atoms with Crippen LogP contribution in [0.5, 0.6) is 0 Å². The van der Waals surface area contributed by atoms with Gasteiger partial charge in [0.2, 0.25) is 5.91 Å². The number of rotatable bonds is 10. The van der Waals surface area contributed by atoms with Crippen LogP contribution in [0.3, 0.4) is 0 Å². The summed E-state index contributed by atoms with van der Waals surface area (Å²) < 4.78 is 0. The molecule has 2 amide bonds. The summed E-state index contributed by atoms with van der Waals surface area (Å²) in [6.45, 7) is 3.51. The molecule has 2 rings (SSSR count). The first-order valence-corrected chi connectivity index (χ1v) is 9.25. The molecule has 0 aromatic carbocycles. The van der Waals surface area contributed by atoms with Gasteiger partial charge in [0, 0.05) is 42.4 Å². The number of hydrogen-bond donors (Lipinski definition) is 3. The Labute approximate surface area is 165 Å². The zero-order valence-corrected chi connectivity index (χ0v) is 16.6. The van der Waals surface area contributed by atoms with Crippen LogP contribution in [0.1, 0.15) is 29.4 Å². The maximum atomic E-state index is 12.3. The Morgan fingerprint density at radius 1 is 1.14 bits per heavy atom. The summed E-state index contributed by atoms with van der Waals surface area (Å²) in [4.78, 5) is 34.6. The van der Waals surface area contributed by atoms with Gasteiger partial charge in [0.15, 0.2) is 0 Å². The van der Waals surface area contributed by atoms with Crippen molar-refractivity contribution >= 4 is 17.5 Å². The van der Waals surface area contributed by atoms with Gasteiger partial charge in [-0.15, -0.1) is 0 Å². The standard InChI is InChI=1S/C20H28N6O2/c1-15(7-11-26(2)3)24-19(27)14-22-13-18-12-16(4-10-23-18)20(28)25-17-5-8-21-9-6-17/h4-6,8-10,12,15,22H,7,11,13-14H2,1-3H3,(H,24,27)(H,21,25,28). The van der Waals surface area contributed by atoms with Crippen LogP contribution in [0.15, 0.2) is 42.9 Å². The van der Waals surface area contributed by atoms with E-state index in [2.05, 4.69) is 30.8 Å². The van der Waals surface area contributed by atoms with E-state index in [0.717, 1.165) is 13.0 Å². The Bertz CT molecular complexity index is 766. The minimum atomic E-state index is -0.220. The predicted octanol–water partition coefficient (Wildman–Crippen LogP) is 1.27. The van der Waals surface area contributed by atoms with Crippen LogP contribution in [-0.4, -0.2) is 59.9 Å². The Morgan fingerprint density at radius 2 is 1.89 bits per heavy atom. The molecule has 0 saturated heterocycles. The number of hydrogen-bond acceptors (Lipinski definition) is 6. The molecule has 2 aromatic rings. The minimum absolute atomic E-state index is 0.0576. The third-order valence-electron chi connectivity index (χ3n) is 4.03. The molecule has 8 heteroatoms. The number of nitrogens with zero attached hydrogens (tertiary/aromatic N) is 3. The van der Waals surface area contributed by atoms with Gasteiger partial charge < -0.3 is 20.9 Å². The highest BCUT2D eigenvalue weighted by molar-refractivity contribution is 6.04. The van der Waals surface area contributed by atoms with Crippen LogP contribution in [0.2, 0.25) is 0 Å². The van der Waals surface area contributed by atoms with Crippen molar-refractivity contribution in [3.63, 3.8) is 0 Å². The number of carbonyl (C=O) groups excluding carboxylic acids is 2. The van der Waals surface area contributed by atoms with E-state index < -0.39 is 0 Å². The largest absolute Gasteiger partial charge is 0.352 e. The molecule has 28 heavy (non-hydrogen) atoms. The van der Waals surface area contributed by atoms with Crippen molar-refractivity contribution in [1.29, 1.82) is 0 Å². The molecule has 0 aliphatic carbocycles. The second kappa shape index (κ2) is 11.1. The number of pyridine rings is 2. The average Bonchev–Trinajstić information content (AvgIpc) is 2.67. The van der Waals surface area contributed by atoms with Gasteiger partial charge in [0.1, 0.15) is 0 Å². The fourth-order valence-electron chi connectivity index (χ4n) is 2.51. The Morgan fingerprint density at radius 3 is 2.61 bits per heavy atom. The molecule has 0 aliphatic heterocycles. The van der Waals surface area contributed by atoms with Gasteiger partial charge in [0.05, 0.1) is 12.2 Å². The van der Waals surface area contributed by atoms with Gasteiger partial charge in [-0.25, -0.2) is 0 Å². The molecule has 3 N–H and O–H groups in total. The second-order valence-electron chi connectivity index (χ2n) is 6.89. The SMILES string of the molecule is CC(CCN(C)C)NC(=O)CNCc1cc(C(=O)Nc2ccncc2)ccn1. The lowest BCUT2D eigenvalue weighted by molar-refractivity contribution is -0.120. The van der Waals surface area contributed by atoms with Crippen LogP contribution >= 0.6 is 0 Å². The molecule has 150 valence electrons. The molecule has 0 bridgehead atoms. The molecule has 2 heterocycles. The first-order chi connectivity index (χ1) is 13.4. The summed E-state index contributed by atoms with van der Waals surface area (Å²) in [5, 5.41) is 8.83. The molecule has 0 fully saturated rings. The number of anilines is 1. The third-order valence-corrected chi connectivity index (χ3v) is 4.03. The van der Waals surface area contributed by atoms with Crippen molar-refractivity contribution in [3.05, 3.63) is 54.1 Å². The number of carbonyl (C=O) groups is 2. The van der Waals surface area contributed by atoms with Crippen molar-refractivity contribution in [2.75, 3.05) is 32.5 Å². The average molecular weight is 384 g/mol. The summed E-state index contributed by atoms with van der Waals surface area (Å²) in [5.41, 5.74) is 1.87. The smallest absolute Gasteiger partial charge is 0.255 e. The van der Waals surface area contributed by atoms with E-state index in [1.54, 1.807) is 42.9 Å². The molecule has 0 radical (unpaired) electrons. The van der Waals surface area contributed by atoms with E-state index in [9.17, 15) is 9.59 Å². The van der Waals surface area contributed by atoms with Gasteiger partial charge in [-0.05, 0) is 58.3 Å². The van der Waals surface area contributed by atoms with E-state index >= 15 is 0 Å². The maximum Gasteiger partial charge on any atom is 0.255 e. The number of aromatic nitrogens is 2. The highest BCUT2D eigenvalue weighted by Crippen LogP contribution is 2.08. The molecular weight excluding hydrogens is 356 g/mol. The van der Waals surface area contributed by atoms with E-state index in [-0.39, 0.29) is 24.4 Å². The van der Waals surface area contributed by atoms with Crippen molar-refractivity contribution in [2.45, 2.75) is 25.9 Å². The Kier molecular flexibility index (Phi) is 8.51. The van der Waals surface area contributed by atoms with Crippen LogP contribution in [-0.2, 0) is 11.3 Å². The molecule has 8 nitrogen and oxygen atoms in total. The van der Waals surface area contributed by atoms with Gasteiger partial charge in [0.25, 0.3) is 5.91 Å². The molecule has 1 unspecified atom stereocenters. The molecule has 1 atom stereocenters. The monoisotopic (exact) mass is 384 g/mol. The van der Waals surface area contributed by atoms with Crippen LogP contribution in [0, 0.1) is 0 Å².